The second-order valence-corrected chi connectivity index (χ2v) is 15.3. The van der Waals surface area contributed by atoms with Crippen molar-refractivity contribution in [2.24, 2.45) is 0 Å². The first-order valence-corrected chi connectivity index (χ1v) is 20.3. The van der Waals surface area contributed by atoms with Gasteiger partial charge >= 0.3 is 0 Å². The van der Waals surface area contributed by atoms with Gasteiger partial charge in [0.15, 0.2) is 17.2 Å². The van der Waals surface area contributed by atoms with Crippen molar-refractivity contribution in [3.63, 3.8) is 0 Å². The van der Waals surface area contributed by atoms with Crippen LogP contribution in [0, 0.1) is 0 Å². The van der Waals surface area contributed by atoms with Crippen LogP contribution in [0.1, 0.15) is 0 Å². The molecule has 284 valence electrons. The summed E-state index contributed by atoms with van der Waals surface area (Å²) in [7, 11) is 0. The topological polar surface area (TPSA) is 87.5 Å². The van der Waals surface area contributed by atoms with E-state index in [0.717, 1.165) is 93.2 Å². The van der Waals surface area contributed by atoms with Gasteiger partial charge in [0, 0.05) is 55.3 Å². The molecule has 0 aliphatic rings. The van der Waals surface area contributed by atoms with E-state index in [1.54, 1.807) is 0 Å². The van der Waals surface area contributed by atoms with Crippen LogP contribution < -0.4 is 0 Å². The van der Waals surface area contributed by atoms with E-state index in [1.165, 1.54) is 0 Å². The highest BCUT2D eigenvalue weighted by atomic mass is 16.3. The summed E-state index contributed by atoms with van der Waals surface area (Å²) < 4.78 is 11.2. The molecule has 8 aromatic carbocycles. The minimum absolute atomic E-state index is 0.485. The minimum atomic E-state index is 0.485. The third kappa shape index (κ3) is 5.09. The summed E-state index contributed by atoms with van der Waals surface area (Å²) in [5.74, 6) is 2.07. The normalized spacial score (nSPS) is 11.9. The first-order chi connectivity index (χ1) is 30.2. The fourth-order valence-electron chi connectivity index (χ4n) is 9.11. The van der Waals surface area contributed by atoms with E-state index in [-0.39, 0.29) is 0 Å². The van der Waals surface area contributed by atoms with Gasteiger partial charge in [-0.25, -0.2) is 9.97 Å². The lowest BCUT2D eigenvalue weighted by atomic mass is 10.1. The van der Waals surface area contributed by atoms with Crippen molar-refractivity contribution in [1.82, 2.24) is 34.1 Å². The number of nitrogens with zero attached hydrogens (tertiary/aromatic N) is 7. The van der Waals surface area contributed by atoms with Gasteiger partial charge in [0.2, 0.25) is 11.8 Å². The largest absolute Gasteiger partial charge is 0.435 e. The van der Waals surface area contributed by atoms with Crippen LogP contribution in [-0.2, 0) is 0 Å². The third-order valence-electron chi connectivity index (χ3n) is 11.8. The molecule has 0 spiro atoms. The Labute approximate surface area is 347 Å². The lowest BCUT2D eigenvalue weighted by molar-refractivity contribution is 0.620. The molecule has 0 aliphatic carbocycles. The average molecular weight is 782 g/mol. The monoisotopic (exact) mass is 781 g/mol. The molecule has 0 aliphatic heterocycles. The van der Waals surface area contributed by atoms with Crippen LogP contribution in [0.2, 0.25) is 0 Å². The lowest BCUT2D eigenvalue weighted by Crippen LogP contribution is -2.07. The standard InChI is InChI=1S/C53H31N7O/c1-3-13-33(14-4-1)50-56-51(42-20-11-21-43-49(42)61-52(55-43)34-15-5-2-6-16-34)58-53(57-50)60-45-23-10-8-19-39(45)41-29-28-40-38-18-7-9-22-44(38)59(47(40)48(41)60)36-26-27-37-35(31-36)25-24-32-17-12-30-54-46(32)37/h1-31H. The number of fused-ring (bicyclic) bond motifs is 11. The molecule has 5 aromatic heterocycles. The maximum absolute atomic E-state index is 6.54. The van der Waals surface area contributed by atoms with Gasteiger partial charge in [0.25, 0.3) is 0 Å². The average Bonchev–Trinajstić information content (AvgIpc) is 4.02. The van der Waals surface area contributed by atoms with E-state index < -0.39 is 0 Å². The number of hydrogen-bond acceptors (Lipinski definition) is 6. The lowest BCUT2D eigenvalue weighted by Gasteiger charge is -2.14. The molecule has 0 atom stereocenters. The second kappa shape index (κ2) is 13.0. The minimum Gasteiger partial charge on any atom is -0.435 e. The molecular formula is C53H31N7O. The third-order valence-corrected chi connectivity index (χ3v) is 11.8. The van der Waals surface area contributed by atoms with Crippen molar-refractivity contribution < 1.29 is 4.42 Å². The number of benzene rings is 8. The van der Waals surface area contributed by atoms with Crippen molar-refractivity contribution in [2.75, 3.05) is 0 Å². The Bertz CT molecular complexity index is 3890. The molecule has 61 heavy (non-hydrogen) atoms. The summed E-state index contributed by atoms with van der Waals surface area (Å²) in [6, 6.07) is 62.7. The van der Waals surface area contributed by atoms with Crippen LogP contribution in [0.15, 0.2) is 193 Å². The van der Waals surface area contributed by atoms with Gasteiger partial charge in [0.05, 0.1) is 33.1 Å². The highest BCUT2D eigenvalue weighted by Gasteiger charge is 2.24. The molecule has 0 bridgehead atoms. The summed E-state index contributed by atoms with van der Waals surface area (Å²) in [5.41, 5.74) is 10.0. The molecule has 13 rings (SSSR count). The molecule has 0 N–H and O–H groups in total. The van der Waals surface area contributed by atoms with Crippen molar-refractivity contribution in [3.8, 4) is 45.9 Å². The Morgan fingerprint density at radius 1 is 0.426 bits per heavy atom. The Morgan fingerprint density at radius 3 is 1.87 bits per heavy atom. The molecule has 13 aromatic rings. The maximum Gasteiger partial charge on any atom is 0.238 e. The molecule has 0 unspecified atom stereocenters. The van der Waals surface area contributed by atoms with Gasteiger partial charge in [-0.3, -0.25) is 9.55 Å². The molecule has 0 saturated heterocycles. The molecular weight excluding hydrogens is 751 g/mol. The van der Waals surface area contributed by atoms with Gasteiger partial charge in [-0.15, -0.1) is 0 Å². The summed E-state index contributed by atoms with van der Waals surface area (Å²) in [5, 5.41) is 7.83. The summed E-state index contributed by atoms with van der Waals surface area (Å²) in [6.07, 6.45) is 1.86. The SMILES string of the molecule is c1ccc(-c2nc(-c3cccc4nc(-c5ccccc5)oc34)nc(-n3c4ccccc4c4ccc5c6ccccc6n(-c6ccc7c(ccc8cccnc87)c6)c5c43)n2)cc1. The van der Waals surface area contributed by atoms with E-state index in [1.807, 2.05) is 91.1 Å². The highest BCUT2D eigenvalue weighted by Crippen LogP contribution is 2.42. The van der Waals surface area contributed by atoms with E-state index in [0.29, 0.717) is 29.1 Å². The van der Waals surface area contributed by atoms with Crippen LogP contribution in [0.3, 0.4) is 0 Å². The predicted molar refractivity (Wildman–Crippen MR) is 245 cm³/mol. The zero-order valence-corrected chi connectivity index (χ0v) is 32.4. The van der Waals surface area contributed by atoms with E-state index in [2.05, 4.69) is 106 Å². The van der Waals surface area contributed by atoms with Gasteiger partial charge in [-0.1, -0.05) is 127 Å². The molecule has 0 fully saturated rings. The second-order valence-electron chi connectivity index (χ2n) is 15.3. The fourth-order valence-corrected chi connectivity index (χ4v) is 9.11. The number of pyridine rings is 1. The van der Waals surface area contributed by atoms with E-state index in [9.17, 15) is 0 Å². The number of hydrogen-bond donors (Lipinski definition) is 0. The molecule has 0 amide bonds. The molecule has 0 saturated carbocycles. The summed E-state index contributed by atoms with van der Waals surface area (Å²) in [6.45, 7) is 0. The van der Waals surface area contributed by atoms with Crippen molar-refractivity contribution in [3.05, 3.63) is 188 Å². The first kappa shape index (κ1) is 33.5. The Hall–Kier alpha value is -8.49. The first-order valence-electron chi connectivity index (χ1n) is 20.3. The Kier molecular flexibility index (Phi) is 7.14. The predicted octanol–water partition coefficient (Wildman–Crippen LogP) is 12.9. The number of para-hydroxylation sites is 3. The molecule has 8 nitrogen and oxygen atoms in total. The number of rotatable bonds is 5. The van der Waals surface area contributed by atoms with Gasteiger partial charge in [-0.2, -0.15) is 9.97 Å². The van der Waals surface area contributed by atoms with Crippen LogP contribution in [0.25, 0.3) is 122 Å². The zero-order valence-electron chi connectivity index (χ0n) is 32.4. The Morgan fingerprint density at radius 2 is 1.08 bits per heavy atom. The quantitative estimate of drug-likeness (QED) is 0.162. The van der Waals surface area contributed by atoms with Crippen LogP contribution >= 0.6 is 0 Å². The molecule has 8 heteroatoms. The van der Waals surface area contributed by atoms with Gasteiger partial charge in [-0.05, 0) is 60.0 Å². The number of oxazole rings is 1. The Balaban J connectivity index is 1.13. The fraction of sp³-hybridized carbons (Fsp3) is 0. The van der Waals surface area contributed by atoms with E-state index in [4.69, 9.17) is 29.3 Å². The van der Waals surface area contributed by atoms with Gasteiger partial charge in [0.1, 0.15) is 5.52 Å². The summed E-state index contributed by atoms with van der Waals surface area (Å²) >= 11 is 0. The number of aromatic nitrogens is 7. The van der Waals surface area contributed by atoms with Crippen LogP contribution in [-0.4, -0.2) is 34.1 Å². The van der Waals surface area contributed by atoms with Gasteiger partial charge < -0.3 is 8.98 Å². The van der Waals surface area contributed by atoms with Crippen molar-refractivity contribution >= 4 is 76.4 Å². The summed E-state index contributed by atoms with van der Waals surface area (Å²) in [4.78, 5) is 25.5. The van der Waals surface area contributed by atoms with Crippen LogP contribution in [0.5, 0.6) is 0 Å². The van der Waals surface area contributed by atoms with E-state index >= 15 is 0 Å². The zero-order chi connectivity index (χ0) is 40.0. The molecule has 5 heterocycles. The van der Waals surface area contributed by atoms with Crippen molar-refractivity contribution in [2.45, 2.75) is 0 Å². The smallest absolute Gasteiger partial charge is 0.238 e. The van der Waals surface area contributed by atoms with Crippen molar-refractivity contribution in [1.29, 1.82) is 0 Å². The molecule has 0 radical (unpaired) electrons. The highest BCUT2D eigenvalue weighted by molar-refractivity contribution is 6.24. The maximum atomic E-state index is 6.54. The van der Waals surface area contributed by atoms with Crippen LogP contribution in [0.4, 0.5) is 0 Å².